The van der Waals surface area contributed by atoms with E-state index in [1.165, 1.54) is 0 Å². The second kappa shape index (κ2) is 2.54. The Morgan fingerprint density at radius 2 is 2.17 bits per heavy atom. The summed E-state index contributed by atoms with van der Waals surface area (Å²) in [7, 11) is 0. The highest BCUT2D eigenvalue weighted by atomic mass is 16.8. The third kappa shape index (κ3) is 1.27. The van der Waals surface area contributed by atoms with Crippen molar-refractivity contribution in [3.05, 3.63) is 0 Å². The maximum Gasteiger partial charge on any atom is 0.164 e. The molecule has 2 fully saturated rings. The van der Waals surface area contributed by atoms with Crippen molar-refractivity contribution in [3.8, 4) is 0 Å². The lowest BCUT2D eigenvalue weighted by Gasteiger charge is -2.20. The lowest BCUT2D eigenvalue weighted by molar-refractivity contribution is -0.153. The molecule has 0 spiro atoms. The fraction of sp³-hybridized carbons (Fsp3) is 0.889. The van der Waals surface area contributed by atoms with Crippen LogP contribution in [-0.4, -0.2) is 23.8 Å². The normalized spacial score (nSPS) is 39.7. The van der Waals surface area contributed by atoms with E-state index < -0.39 is 5.79 Å². The van der Waals surface area contributed by atoms with Crippen LogP contribution in [0.1, 0.15) is 33.1 Å². The summed E-state index contributed by atoms with van der Waals surface area (Å²) in [6.07, 6.45) is 2.29. The minimum Gasteiger partial charge on any atom is -0.344 e. The van der Waals surface area contributed by atoms with Crippen LogP contribution in [0.3, 0.4) is 0 Å². The molecule has 2 aliphatic rings. The van der Waals surface area contributed by atoms with E-state index in [4.69, 9.17) is 9.47 Å². The van der Waals surface area contributed by atoms with Crippen LogP contribution < -0.4 is 0 Å². The summed E-state index contributed by atoms with van der Waals surface area (Å²) in [5, 5.41) is 0. The molecule has 3 nitrogen and oxygen atoms in total. The zero-order valence-corrected chi connectivity index (χ0v) is 7.50. The van der Waals surface area contributed by atoms with Crippen LogP contribution in [0.5, 0.6) is 0 Å². The van der Waals surface area contributed by atoms with Gasteiger partial charge in [0, 0.05) is 6.42 Å². The maximum atomic E-state index is 11.4. The Balaban J connectivity index is 2.14. The van der Waals surface area contributed by atoms with Gasteiger partial charge in [0.05, 0.1) is 6.10 Å². The summed E-state index contributed by atoms with van der Waals surface area (Å²) in [4.78, 5) is 11.4. The molecule has 68 valence electrons. The second-order valence-electron chi connectivity index (χ2n) is 3.95. The molecule has 3 heteroatoms. The summed E-state index contributed by atoms with van der Waals surface area (Å²) in [5.41, 5.74) is 0. The average Bonchev–Trinajstić information content (AvgIpc) is 2.25. The number of carbonyl (C=O) groups is 1. The predicted octanol–water partition coefficient (Wildman–Crippen LogP) is 1.26. The number of fused-ring (bicyclic) bond motifs is 1. The average molecular weight is 170 g/mol. The second-order valence-corrected chi connectivity index (χ2v) is 3.95. The molecule has 12 heavy (non-hydrogen) atoms. The van der Waals surface area contributed by atoms with Crippen molar-refractivity contribution in [2.75, 3.05) is 0 Å². The Hall–Kier alpha value is -0.410. The topological polar surface area (TPSA) is 35.5 Å². The summed E-state index contributed by atoms with van der Waals surface area (Å²) >= 11 is 0. The highest BCUT2D eigenvalue weighted by Crippen LogP contribution is 2.34. The van der Waals surface area contributed by atoms with Crippen LogP contribution in [0, 0.1) is 0 Å². The molecule has 2 rings (SSSR count). The van der Waals surface area contributed by atoms with Crippen molar-refractivity contribution in [2.45, 2.75) is 51.1 Å². The first-order chi connectivity index (χ1) is 5.58. The quantitative estimate of drug-likeness (QED) is 0.549. The van der Waals surface area contributed by atoms with Crippen LogP contribution in [0.4, 0.5) is 0 Å². The van der Waals surface area contributed by atoms with Gasteiger partial charge in [-0.3, -0.25) is 4.79 Å². The fourth-order valence-corrected chi connectivity index (χ4v) is 1.94. The molecule has 0 aromatic heterocycles. The minimum atomic E-state index is -0.560. The van der Waals surface area contributed by atoms with Crippen LogP contribution in [0.25, 0.3) is 0 Å². The number of Topliss-reactive ketones (excluding diaryl/α,β-unsaturated/α-hetero) is 1. The van der Waals surface area contributed by atoms with Crippen molar-refractivity contribution in [1.82, 2.24) is 0 Å². The van der Waals surface area contributed by atoms with Crippen molar-refractivity contribution in [3.63, 3.8) is 0 Å². The summed E-state index contributed by atoms with van der Waals surface area (Å²) in [5.74, 6) is -0.355. The fourth-order valence-electron chi connectivity index (χ4n) is 1.94. The SMILES string of the molecule is CC1(C)OC2CCCC(=O)C2O1. The van der Waals surface area contributed by atoms with E-state index >= 15 is 0 Å². The number of carbonyl (C=O) groups excluding carboxylic acids is 1. The lowest BCUT2D eigenvalue weighted by Crippen LogP contribution is -2.35. The van der Waals surface area contributed by atoms with Gasteiger partial charge >= 0.3 is 0 Å². The van der Waals surface area contributed by atoms with Crippen molar-refractivity contribution in [1.29, 1.82) is 0 Å². The summed E-state index contributed by atoms with van der Waals surface area (Å²) in [6, 6.07) is 0. The molecule has 1 saturated heterocycles. The van der Waals surface area contributed by atoms with E-state index in [9.17, 15) is 4.79 Å². The maximum absolute atomic E-state index is 11.4. The zero-order valence-electron chi connectivity index (χ0n) is 7.50. The molecule has 0 N–H and O–H groups in total. The summed E-state index contributed by atoms with van der Waals surface area (Å²) in [6.45, 7) is 3.72. The standard InChI is InChI=1S/C9H14O3/c1-9(2)11-7-5-3-4-6(10)8(7)12-9/h7-8H,3-5H2,1-2H3. The van der Waals surface area contributed by atoms with Gasteiger partial charge in [-0.15, -0.1) is 0 Å². The van der Waals surface area contributed by atoms with Crippen molar-refractivity contribution in [2.24, 2.45) is 0 Å². The molecule has 0 amide bonds. The van der Waals surface area contributed by atoms with Gasteiger partial charge < -0.3 is 9.47 Å². The molecule has 0 radical (unpaired) electrons. The van der Waals surface area contributed by atoms with E-state index in [1.54, 1.807) is 0 Å². The van der Waals surface area contributed by atoms with Gasteiger partial charge in [-0.05, 0) is 26.7 Å². The van der Waals surface area contributed by atoms with E-state index in [1.807, 2.05) is 13.8 Å². The number of hydrogen-bond acceptors (Lipinski definition) is 3. The summed E-state index contributed by atoms with van der Waals surface area (Å²) < 4.78 is 11.1. The van der Waals surface area contributed by atoms with Gasteiger partial charge in [0.25, 0.3) is 0 Å². The van der Waals surface area contributed by atoms with Gasteiger partial charge in [0.2, 0.25) is 0 Å². The van der Waals surface area contributed by atoms with E-state index in [-0.39, 0.29) is 18.0 Å². The molecular weight excluding hydrogens is 156 g/mol. The first-order valence-corrected chi connectivity index (χ1v) is 4.47. The molecule has 0 aromatic rings. The van der Waals surface area contributed by atoms with Crippen LogP contribution in [-0.2, 0) is 14.3 Å². The molecule has 2 atom stereocenters. The van der Waals surface area contributed by atoms with Gasteiger partial charge in [0.1, 0.15) is 6.10 Å². The largest absolute Gasteiger partial charge is 0.344 e. The third-order valence-electron chi connectivity index (χ3n) is 2.41. The molecule has 1 heterocycles. The number of rotatable bonds is 0. The van der Waals surface area contributed by atoms with Crippen LogP contribution in [0.15, 0.2) is 0 Å². The monoisotopic (exact) mass is 170 g/mol. The van der Waals surface area contributed by atoms with E-state index in [0.29, 0.717) is 6.42 Å². The van der Waals surface area contributed by atoms with Crippen LogP contribution >= 0.6 is 0 Å². The Morgan fingerprint density at radius 1 is 1.42 bits per heavy atom. The Labute approximate surface area is 72.0 Å². The highest BCUT2D eigenvalue weighted by Gasteiger charge is 2.46. The number of hydrogen-bond donors (Lipinski definition) is 0. The van der Waals surface area contributed by atoms with Gasteiger partial charge in [-0.1, -0.05) is 0 Å². The molecule has 1 saturated carbocycles. The van der Waals surface area contributed by atoms with Gasteiger partial charge in [0.15, 0.2) is 11.6 Å². The molecule has 0 bridgehead atoms. The minimum absolute atomic E-state index is 0.0150. The zero-order chi connectivity index (χ0) is 8.77. The van der Waals surface area contributed by atoms with Crippen LogP contribution in [0.2, 0.25) is 0 Å². The molecule has 0 aromatic carbocycles. The first kappa shape index (κ1) is 8.20. The predicted molar refractivity (Wildman–Crippen MR) is 42.7 cm³/mol. The smallest absolute Gasteiger partial charge is 0.164 e. The lowest BCUT2D eigenvalue weighted by atomic mass is 9.94. The number of ketones is 1. The Bertz CT molecular complexity index is 210. The molecular formula is C9H14O3. The third-order valence-corrected chi connectivity index (χ3v) is 2.41. The Kier molecular flexibility index (Phi) is 1.73. The van der Waals surface area contributed by atoms with Gasteiger partial charge in [-0.25, -0.2) is 0 Å². The Morgan fingerprint density at radius 3 is 2.83 bits per heavy atom. The van der Waals surface area contributed by atoms with Crippen molar-refractivity contribution < 1.29 is 14.3 Å². The highest BCUT2D eigenvalue weighted by molar-refractivity contribution is 5.84. The molecule has 2 unspecified atom stereocenters. The molecule has 1 aliphatic carbocycles. The number of ether oxygens (including phenoxy) is 2. The first-order valence-electron chi connectivity index (χ1n) is 4.47. The van der Waals surface area contributed by atoms with Gasteiger partial charge in [-0.2, -0.15) is 0 Å². The van der Waals surface area contributed by atoms with Crippen molar-refractivity contribution >= 4 is 5.78 Å². The van der Waals surface area contributed by atoms with E-state index in [2.05, 4.69) is 0 Å². The molecule has 1 aliphatic heterocycles. The van der Waals surface area contributed by atoms with E-state index in [0.717, 1.165) is 12.8 Å².